The first-order valence-electron chi connectivity index (χ1n) is 4.07. The summed E-state index contributed by atoms with van der Waals surface area (Å²) in [6.45, 7) is 1.40. The predicted molar refractivity (Wildman–Crippen MR) is 48.1 cm³/mol. The van der Waals surface area contributed by atoms with Gasteiger partial charge in [-0.15, -0.1) is 0 Å². The number of aromatic nitrogens is 1. The minimum absolute atomic E-state index is 0.168. The van der Waals surface area contributed by atoms with Crippen LogP contribution >= 0.6 is 0 Å². The van der Waals surface area contributed by atoms with Crippen molar-refractivity contribution in [3.8, 4) is 0 Å². The molecule has 0 amide bonds. The minimum atomic E-state index is -2.77. The number of carbonyl (C=O) groups is 1. The van der Waals surface area contributed by atoms with Gasteiger partial charge in [-0.2, -0.15) is 0 Å². The molecule has 15 heavy (non-hydrogen) atoms. The Morgan fingerprint density at radius 2 is 2.13 bits per heavy atom. The van der Waals surface area contributed by atoms with Crippen molar-refractivity contribution in [2.75, 3.05) is 7.11 Å². The number of aryl methyl sites for hydroxylation is 1. The summed E-state index contributed by atoms with van der Waals surface area (Å²) in [5, 5.41) is 0. The van der Waals surface area contributed by atoms with Crippen LogP contribution in [0.1, 0.15) is 28.0 Å². The number of hydrogen-bond acceptors (Lipinski definition) is 3. The van der Waals surface area contributed by atoms with E-state index in [0.717, 1.165) is 13.2 Å². The summed E-state index contributed by atoms with van der Waals surface area (Å²) < 4.78 is 28.9. The zero-order chi connectivity index (χ0) is 11.6. The number of pyridine rings is 1. The van der Waals surface area contributed by atoms with E-state index in [1.54, 1.807) is 0 Å². The largest absolute Gasteiger partial charge is 0.465 e. The standard InChI is InChI=1S/C9H9F2NO3/c1-4-3-5(7(10)11)12-8(13)6(4)9(14)15-2/h3,7H,1-2H3,(H,12,13). The Hall–Kier alpha value is -1.72. The molecule has 0 aromatic carbocycles. The molecular formula is C9H9F2NO3. The highest BCUT2D eigenvalue weighted by Crippen LogP contribution is 2.16. The summed E-state index contributed by atoms with van der Waals surface area (Å²) in [5.41, 5.74) is -1.45. The average Bonchev–Trinajstić information content (AvgIpc) is 2.16. The minimum Gasteiger partial charge on any atom is -0.465 e. The highest BCUT2D eigenvalue weighted by molar-refractivity contribution is 5.90. The second kappa shape index (κ2) is 4.20. The van der Waals surface area contributed by atoms with E-state index in [1.807, 2.05) is 4.98 Å². The fraction of sp³-hybridized carbons (Fsp3) is 0.333. The van der Waals surface area contributed by atoms with E-state index in [-0.39, 0.29) is 11.1 Å². The van der Waals surface area contributed by atoms with Crippen molar-refractivity contribution in [3.05, 3.63) is 33.2 Å². The third kappa shape index (κ3) is 2.20. The average molecular weight is 217 g/mol. The lowest BCUT2D eigenvalue weighted by molar-refractivity contribution is 0.0597. The fourth-order valence-electron chi connectivity index (χ4n) is 1.19. The summed E-state index contributed by atoms with van der Waals surface area (Å²) >= 11 is 0. The number of nitrogens with one attached hydrogen (secondary N) is 1. The molecule has 0 aliphatic rings. The van der Waals surface area contributed by atoms with Crippen molar-refractivity contribution in [2.45, 2.75) is 13.3 Å². The van der Waals surface area contributed by atoms with Crippen molar-refractivity contribution in [2.24, 2.45) is 0 Å². The fourth-order valence-corrected chi connectivity index (χ4v) is 1.19. The highest BCUT2D eigenvalue weighted by Gasteiger charge is 2.18. The summed E-state index contributed by atoms with van der Waals surface area (Å²) in [5.74, 6) is -0.838. The maximum atomic E-state index is 12.3. The number of alkyl halides is 2. The van der Waals surface area contributed by atoms with Crippen LogP contribution in [-0.2, 0) is 4.74 Å². The highest BCUT2D eigenvalue weighted by atomic mass is 19.3. The van der Waals surface area contributed by atoms with Gasteiger partial charge in [0.25, 0.3) is 12.0 Å². The molecule has 6 heteroatoms. The number of hydrogen-bond donors (Lipinski definition) is 1. The second-order valence-corrected chi connectivity index (χ2v) is 2.90. The summed E-state index contributed by atoms with van der Waals surface area (Å²) in [6.07, 6.45) is -2.77. The van der Waals surface area contributed by atoms with Gasteiger partial charge in [0.15, 0.2) is 0 Å². The summed E-state index contributed by atoms with van der Waals surface area (Å²) in [4.78, 5) is 24.3. The molecule has 0 aliphatic heterocycles. The molecule has 0 atom stereocenters. The zero-order valence-corrected chi connectivity index (χ0v) is 8.14. The van der Waals surface area contributed by atoms with E-state index in [4.69, 9.17) is 0 Å². The molecule has 0 bridgehead atoms. The molecule has 4 nitrogen and oxygen atoms in total. The maximum Gasteiger partial charge on any atom is 0.343 e. The molecule has 0 aliphatic carbocycles. The molecule has 0 saturated heterocycles. The Morgan fingerprint density at radius 3 is 2.53 bits per heavy atom. The van der Waals surface area contributed by atoms with E-state index in [0.29, 0.717) is 0 Å². The molecule has 0 radical (unpaired) electrons. The molecular weight excluding hydrogens is 208 g/mol. The number of halogens is 2. The number of H-pyrrole nitrogens is 1. The third-order valence-electron chi connectivity index (χ3n) is 1.88. The Labute approximate surface area is 83.9 Å². The van der Waals surface area contributed by atoms with Crippen LogP contribution in [0.5, 0.6) is 0 Å². The number of rotatable bonds is 2. The van der Waals surface area contributed by atoms with Crippen molar-refractivity contribution >= 4 is 5.97 Å². The number of carbonyl (C=O) groups excluding carboxylic acids is 1. The smallest absolute Gasteiger partial charge is 0.343 e. The van der Waals surface area contributed by atoms with Crippen molar-refractivity contribution in [1.82, 2.24) is 4.98 Å². The van der Waals surface area contributed by atoms with Crippen molar-refractivity contribution in [1.29, 1.82) is 0 Å². The van der Waals surface area contributed by atoms with Crippen LogP contribution in [0.4, 0.5) is 8.78 Å². The lowest BCUT2D eigenvalue weighted by Crippen LogP contribution is -2.22. The number of ether oxygens (including phenoxy) is 1. The van der Waals surface area contributed by atoms with Gasteiger partial charge in [-0.05, 0) is 18.6 Å². The van der Waals surface area contributed by atoms with Crippen LogP contribution in [-0.4, -0.2) is 18.1 Å². The van der Waals surface area contributed by atoms with E-state index in [2.05, 4.69) is 4.74 Å². The quantitative estimate of drug-likeness (QED) is 0.762. The molecule has 1 N–H and O–H groups in total. The number of aromatic amines is 1. The van der Waals surface area contributed by atoms with Crippen LogP contribution in [0.25, 0.3) is 0 Å². The molecule has 82 valence electrons. The Morgan fingerprint density at radius 1 is 1.53 bits per heavy atom. The SMILES string of the molecule is COC(=O)c1c(C)cc(C(F)F)[nH]c1=O. The number of methoxy groups -OCH3 is 1. The van der Waals surface area contributed by atoms with Crippen LogP contribution in [0.2, 0.25) is 0 Å². The molecule has 1 aromatic rings. The van der Waals surface area contributed by atoms with Crippen LogP contribution in [0.15, 0.2) is 10.9 Å². The summed E-state index contributed by atoms with van der Waals surface area (Å²) in [6, 6.07) is 1.05. The molecule has 1 heterocycles. The van der Waals surface area contributed by atoms with Crippen LogP contribution < -0.4 is 5.56 Å². The van der Waals surface area contributed by atoms with Gasteiger partial charge < -0.3 is 9.72 Å². The molecule has 1 rings (SSSR count). The van der Waals surface area contributed by atoms with Gasteiger partial charge in [0.2, 0.25) is 0 Å². The lowest BCUT2D eigenvalue weighted by Gasteiger charge is -2.05. The van der Waals surface area contributed by atoms with Gasteiger partial charge in [-0.25, -0.2) is 13.6 Å². The molecule has 0 unspecified atom stereocenters. The Bertz CT molecular complexity index is 439. The van der Waals surface area contributed by atoms with E-state index >= 15 is 0 Å². The first-order valence-corrected chi connectivity index (χ1v) is 4.07. The van der Waals surface area contributed by atoms with Crippen LogP contribution in [0.3, 0.4) is 0 Å². The maximum absolute atomic E-state index is 12.3. The lowest BCUT2D eigenvalue weighted by atomic mass is 10.1. The van der Waals surface area contributed by atoms with Gasteiger partial charge in [0.05, 0.1) is 12.8 Å². The van der Waals surface area contributed by atoms with Crippen molar-refractivity contribution in [3.63, 3.8) is 0 Å². The van der Waals surface area contributed by atoms with E-state index in [9.17, 15) is 18.4 Å². The third-order valence-corrected chi connectivity index (χ3v) is 1.88. The first kappa shape index (κ1) is 11.4. The Balaban J connectivity index is 3.34. The first-order chi connectivity index (χ1) is 6.97. The Kier molecular flexibility index (Phi) is 3.18. The monoisotopic (exact) mass is 217 g/mol. The zero-order valence-electron chi connectivity index (χ0n) is 8.14. The van der Waals surface area contributed by atoms with Gasteiger partial charge in [-0.3, -0.25) is 4.79 Å². The summed E-state index contributed by atoms with van der Waals surface area (Å²) in [7, 11) is 1.11. The van der Waals surface area contributed by atoms with E-state index in [1.165, 1.54) is 6.92 Å². The molecule has 1 aromatic heterocycles. The molecule has 0 saturated carbocycles. The van der Waals surface area contributed by atoms with Gasteiger partial charge in [-0.1, -0.05) is 0 Å². The van der Waals surface area contributed by atoms with Gasteiger partial charge in [0, 0.05) is 0 Å². The number of esters is 1. The topological polar surface area (TPSA) is 59.2 Å². The van der Waals surface area contributed by atoms with E-state index < -0.39 is 23.6 Å². The van der Waals surface area contributed by atoms with Crippen molar-refractivity contribution < 1.29 is 18.3 Å². The van der Waals surface area contributed by atoms with Gasteiger partial charge >= 0.3 is 5.97 Å². The normalized spacial score (nSPS) is 10.5. The molecule has 0 spiro atoms. The molecule has 0 fully saturated rings. The van der Waals surface area contributed by atoms with Crippen LogP contribution in [0, 0.1) is 6.92 Å². The predicted octanol–water partition coefficient (Wildman–Crippen LogP) is 1.41. The second-order valence-electron chi connectivity index (χ2n) is 2.90. The van der Waals surface area contributed by atoms with Gasteiger partial charge in [0.1, 0.15) is 5.56 Å².